The third kappa shape index (κ3) is 3.23. The van der Waals surface area contributed by atoms with Gasteiger partial charge < -0.3 is 15.5 Å². The summed E-state index contributed by atoms with van der Waals surface area (Å²) in [4.78, 5) is 13.9. The van der Waals surface area contributed by atoms with Crippen LogP contribution in [0.4, 0.5) is 10.5 Å². The first-order valence-corrected chi connectivity index (χ1v) is 6.57. The smallest absolute Gasteiger partial charge is 0.321 e. The van der Waals surface area contributed by atoms with Gasteiger partial charge in [0.25, 0.3) is 0 Å². The molecule has 1 aromatic rings. The number of amides is 2. The number of hydrogen-bond acceptors (Lipinski definition) is 2. The maximum Gasteiger partial charge on any atom is 0.321 e. The predicted octanol–water partition coefficient (Wildman–Crippen LogP) is 2.07. The van der Waals surface area contributed by atoms with Crippen molar-refractivity contribution in [1.82, 2.24) is 10.2 Å². The molecule has 0 radical (unpaired) electrons. The van der Waals surface area contributed by atoms with Crippen molar-refractivity contribution in [3.8, 4) is 0 Å². The van der Waals surface area contributed by atoms with Crippen molar-refractivity contribution < 1.29 is 4.79 Å². The fourth-order valence-corrected chi connectivity index (χ4v) is 2.14. The van der Waals surface area contributed by atoms with E-state index < -0.39 is 0 Å². The molecule has 1 heterocycles. The van der Waals surface area contributed by atoms with Gasteiger partial charge in [-0.05, 0) is 31.0 Å². The SMILES string of the molecule is CCc1ccc(NC(=O)N2CCNC(C)C2)cc1. The topological polar surface area (TPSA) is 44.4 Å². The van der Waals surface area contributed by atoms with Crippen molar-refractivity contribution in [2.24, 2.45) is 0 Å². The second-order valence-corrected chi connectivity index (χ2v) is 4.78. The molecule has 1 aliphatic heterocycles. The van der Waals surface area contributed by atoms with Crippen molar-refractivity contribution >= 4 is 11.7 Å². The van der Waals surface area contributed by atoms with Gasteiger partial charge in [0.1, 0.15) is 0 Å². The molecule has 18 heavy (non-hydrogen) atoms. The zero-order chi connectivity index (χ0) is 13.0. The molecule has 0 aliphatic carbocycles. The maximum atomic E-state index is 12.1. The minimum Gasteiger partial charge on any atom is -0.322 e. The minimum absolute atomic E-state index is 0.00685. The summed E-state index contributed by atoms with van der Waals surface area (Å²) < 4.78 is 0. The van der Waals surface area contributed by atoms with Gasteiger partial charge in [0.05, 0.1) is 0 Å². The van der Waals surface area contributed by atoms with E-state index in [2.05, 4.69) is 36.6 Å². The van der Waals surface area contributed by atoms with Crippen LogP contribution in [0.2, 0.25) is 0 Å². The van der Waals surface area contributed by atoms with Gasteiger partial charge in [-0.3, -0.25) is 0 Å². The van der Waals surface area contributed by atoms with Crippen LogP contribution in [0.15, 0.2) is 24.3 Å². The van der Waals surface area contributed by atoms with Gasteiger partial charge in [0.15, 0.2) is 0 Å². The summed E-state index contributed by atoms with van der Waals surface area (Å²) in [6, 6.07) is 8.39. The second kappa shape index (κ2) is 5.87. The Morgan fingerprint density at radius 1 is 1.44 bits per heavy atom. The summed E-state index contributed by atoms with van der Waals surface area (Å²) in [7, 11) is 0. The average Bonchev–Trinajstić information content (AvgIpc) is 2.39. The lowest BCUT2D eigenvalue weighted by atomic mass is 10.1. The molecule has 0 bridgehead atoms. The first-order chi connectivity index (χ1) is 8.69. The molecule has 1 fully saturated rings. The Morgan fingerprint density at radius 3 is 2.78 bits per heavy atom. The van der Waals surface area contributed by atoms with Crippen LogP contribution in [0.1, 0.15) is 19.4 Å². The highest BCUT2D eigenvalue weighted by atomic mass is 16.2. The van der Waals surface area contributed by atoms with Crippen LogP contribution < -0.4 is 10.6 Å². The van der Waals surface area contributed by atoms with Gasteiger partial charge in [-0.1, -0.05) is 19.1 Å². The largest absolute Gasteiger partial charge is 0.322 e. The van der Waals surface area contributed by atoms with E-state index in [9.17, 15) is 4.79 Å². The van der Waals surface area contributed by atoms with Gasteiger partial charge in [-0.25, -0.2) is 4.79 Å². The fraction of sp³-hybridized carbons (Fsp3) is 0.500. The van der Waals surface area contributed by atoms with Crippen molar-refractivity contribution in [3.63, 3.8) is 0 Å². The van der Waals surface area contributed by atoms with Gasteiger partial charge in [-0.2, -0.15) is 0 Å². The molecule has 98 valence electrons. The standard InChI is InChI=1S/C14H21N3O/c1-3-12-4-6-13(7-5-12)16-14(18)17-9-8-15-11(2)10-17/h4-7,11,15H,3,8-10H2,1-2H3,(H,16,18). The molecule has 2 rings (SSSR count). The summed E-state index contributed by atoms with van der Waals surface area (Å²) >= 11 is 0. The number of nitrogens with zero attached hydrogens (tertiary/aromatic N) is 1. The van der Waals surface area contributed by atoms with Crippen LogP contribution in [0.5, 0.6) is 0 Å². The molecule has 1 atom stereocenters. The lowest BCUT2D eigenvalue weighted by Gasteiger charge is -2.31. The normalized spacial score (nSPS) is 19.7. The Balaban J connectivity index is 1.93. The number of rotatable bonds is 2. The molecule has 1 aromatic carbocycles. The van der Waals surface area contributed by atoms with Crippen molar-refractivity contribution in [2.45, 2.75) is 26.3 Å². The molecule has 1 aliphatic rings. The molecule has 0 saturated carbocycles. The number of urea groups is 1. The first kappa shape index (κ1) is 12.9. The maximum absolute atomic E-state index is 12.1. The van der Waals surface area contributed by atoms with E-state index in [0.29, 0.717) is 6.04 Å². The van der Waals surface area contributed by atoms with Crippen LogP contribution in [-0.2, 0) is 6.42 Å². The van der Waals surface area contributed by atoms with Crippen molar-refractivity contribution in [2.75, 3.05) is 25.0 Å². The molecular weight excluding hydrogens is 226 g/mol. The fourth-order valence-electron chi connectivity index (χ4n) is 2.14. The summed E-state index contributed by atoms with van der Waals surface area (Å²) in [5, 5.41) is 6.27. The zero-order valence-electron chi connectivity index (χ0n) is 11.1. The first-order valence-electron chi connectivity index (χ1n) is 6.57. The monoisotopic (exact) mass is 247 g/mol. The Morgan fingerprint density at radius 2 is 2.17 bits per heavy atom. The summed E-state index contributed by atoms with van der Waals surface area (Å²) in [5.41, 5.74) is 2.15. The molecular formula is C14H21N3O. The Labute approximate surface area is 108 Å². The molecule has 2 N–H and O–H groups in total. The van der Waals surface area contributed by atoms with E-state index in [1.165, 1.54) is 5.56 Å². The molecule has 1 saturated heterocycles. The number of anilines is 1. The highest BCUT2D eigenvalue weighted by Gasteiger charge is 2.20. The number of carbonyl (C=O) groups is 1. The van der Waals surface area contributed by atoms with Gasteiger partial charge in [0.2, 0.25) is 0 Å². The van der Waals surface area contributed by atoms with Crippen LogP contribution in [0.3, 0.4) is 0 Å². The number of aryl methyl sites for hydroxylation is 1. The van der Waals surface area contributed by atoms with E-state index in [1.54, 1.807) is 0 Å². The summed E-state index contributed by atoms with van der Waals surface area (Å²) in [6.45, 7) is 6.61. The number of benzene rings is 1. The number of carbonyl (C=O) groups excluding carboxylic acids is 1. The Kier molecular flexibility index (Phi) is 4.20. The highest BCUT2D eigenvalue weighted by Crippen LogP contribution is 2.11. The minimum atomic E-state index is -0.00685. The third-order valence-corrected chi connectivity index (χ3v) is 3.27. The lowest BCUT2D eigenvalue weighted by Crippen LogP contribution is -2.52. The predicted molar refractivity (Wildman–Crippen MR) is 73.9 cm³/mol. The molecule has 0 spiro atoms. The van der Waals surface area contributed by atoms with Gasteiger partial charge >= 0.3 is 6.03 Å². The molecule has 4 nitrogen and oxygen atoms in total. The second-order valence-electron chi connectivity index (χ2n) is 4.78. The molecule has 2 amide bonds. The van der Waals surface area contributed by atoms with Crippen molar-refractivity contribution in [3.05, 3.63) is 29.8 Å². The van der Waals surface area contributed by atoms with E-state index in [0.717, 1.165) is 31.7 Å². The van der Waals surface area contributed by atoms with Crippen LogP contribution in [0, 0.1) is 0 Å². The Bertz CT molecular complexity index is 402. The van der Waals surface area contributed by atoms with E-state index >= 15 is 0 Å². The number of nitrogens with one attached hydrogen (secondary N) is 2. The van der Waals surface area contributed by atoms with E-state index in [4.69, 9.17) is 0 Å². The number of hydrogen-bond donors (Lipinski definition) is 2. The number of piperazine rings is 1. The summed E-state index contributed by atoms with van der Waals surface area (Å²) in [6.07, 6.45) is 1.02. The third-order valence-electron chi connectivity index (χ3n) is 3.27. The van der Waals surface area contributed by atoms with E-state index in [1.807, 2.05) is 17.0 Å². The van der Waals surface area contributed by atoms with Crippen LogP contribution in [0.25, 0.3) is 0 Å². The van der Waals surface area contributed by atoms with Crippen LogP contribution >= 0.6 is 0 Å². The molecule has 0 aromatic heterocycles. The quantitative estimate of drug-likeness (QED) is 0.840. The Hall–Kier alpha value is -1.55. The zero-order valence-corrected chi connectivity index (χ0v) is 11.1. The lowest BCUT2D eigenvalue weighted by molar-refractivity contribution is 0.192. The van der Waals surface area contributed by atoms with E-state index in [-0.39, 0.29) is 6.03 Å². The molecule has 4 heteroatoms. The van der Waals surface area contributed by atoms with Gasteiger partial charge in [-0.15, -0.1) is 0 Å². The van der Waals surface area contributed by atoms with Crippen LogP contribution in [-0.4, -0.2) is 36.6 Å². The average molecular weight is 247 g/mol. The van der Waals surface area contributed by atoms with Crippen molar-refractivity contribution in [1.29, 1.82) is 0 Å². The highest BCUT2D eigenvalue weighted by molar-refractivity contribution is 5.89. The van der Waals surface area contributed by atoms with Gasteiger partial charge in [0, 0.05) is 31.4 Å². The molecule has 1 unspecified atom stereocenters. The summed E-state index contributed by atoms with van der Waals surface area (Å²) in [5.74, 6) is 0.